The van der Waals surface area contributed by atoms with E-state index in [1.807, 2.05) is 38.1 Å². The quantitative estimate of drug-likeness (QED) is 0.541. The third kappa shape index (κ3) is 4.52. The summed E-state index contributed by atoms with van der Waals surface area (Å²) in [5.74, 6) is 0. The molecule has 0 bridgehead atoms. The number of hydrogen-bond acceptors (Lipinski definition) is 4. The first-order valence-corrected chi connectivity index (χ1v) is 12.1. The average Bonchev–Trinajstić information content (AvgIpc) is 3.13. The van der Waals surface area contributed by atoms with Crippen LogP contribution in [0.4, 0.5) is 5.69 Å². The maximum absolute atomic E-state index is 12.7. The highest BCUT2D eigenvalue weighted by molar-refractivity contribution is 7.89. The minimum absolute atomic E-state index is 0.327. The molecule has 0 atom stereocenters. The Morgan fingerprint density at radius 2 is 1.59 bits per heavy atom. The molecule has 0 saturated carbocycles. The van der Waals surface area contributed by atoms with Crippen LogP contribution in [0.15, 0.2) is 63.8 Å². The van der Waals surface area contributed by atoms with Crippen molar-refractivity contribution in [3.63, 3.8) is 0 Å². The molecule has 0 aliphatic heterocycles. The third-order valence-electron chi connectivity index (χ3n) is 4.87. The van der Waals surface area contributed by atoms with Crippen LogP contribution in [0.2, 0.25) is 0 Å². The number of benzene rings is 2. The molecule has 1 aromatic heterocycles. The second-order valence-electron chi connectivity index (χ2n) is 6.71. The Morgan fingerprint density at radius 3 is 2.14 bits per heavy atom. The first-order valence-electron chi connectivity index (χ1n) is 9.81. The summed E-state index contributed by atoms with van der Waals surface area (Å²) in [7, 11) is -3.44. The van der Waals surface area contributed by atoms with E-state index in [9.17, 15) is 8.42 Å². The molecule has 1 heterocycles. The molecule has 5 nitrogen and oxygen atoms in total. The van der Waals surface area contributed by atoms with E-state index in [2.05, 4.69) is 35.9 Å². The summed E-state index contributed by atoms with van der Waals surface area (Å²) in [5.41, 5.74) is 4.15. The lowest BCUT2D eigenvalue weighted by atomic mass is 10.2. The van der Waals surface area contributed by atoms with Crippen LogP contribution in [0.25, 0.3) is 11.3 Å². The molecule has 0 spiro atoms. The molecule has 29 heavy (non-hydrogen) atoms. The Morgan fingerprint density at radius 1 is 0.966 bits per heavy atom. The van der Waals surface area contributed by atoms with Crippen molar-refractivity contribution in [2.75, 3.05) is 13.1 Å². The van der Waals surface area contributed by atoms with Gasteiger partial charge in [0.05, 0.1) is 16.3 Å². The molecule has 0 unspecified atom stereocenters. The van der Waals surface area contributed by atoms with Crippen LogP contribution in [0.1, 0.15) is 26.3 Å². The topological polar surface area (TPSA) is 54.7 Å². The summed E-state index contributed by atoms with van der Waals surface area (Å²) in [5, 5.41) is 2.07. The summed E-state index contributed by atoms with van der Waals surface area (Å²) in [6, 6.07) is 15.3. The average molecular weight is 430 g/mol. The molecular formula is C22H27N3O2S2. The van der Waals surface area contributed by atoms with Gasteiger partial charge in [0, 0.05) is 25.0 Å². The van der Waals surface area contributed by atoms with Gasteiger partial charge in [0.1, 0.15) is 0 Å². The van der Waals surface area contributed by atoms with Gasteiger partial charge in [-0.2, -0.15) is 4.31 Å². The third-order valence-corrected chi connectivity index (χ3v) is 7.79. The molecule has 7 heteroatoms. The van der Waals surface area contributed by atoms with Gasteiger partial charge in [-0.15, -0.1) is 11.3 Å². The van der Waals surface area contributed by atoms with E-state index in [4.69, 9.17) is 4.99 Å². The number of nitrogens with zero attached hydrogens (tertiary/aromatic N) is 3. The van der Waals surface area contributed by atoms with Crippen LogP contribution in [-0.4, -0.2) is 30.4 Å². The van der Waals surface area contributed by atoms with Crippen LogP contribution in [0.5, 0.6) is 0 Å². The van der Waals surface area contributed by atoms with Crippen molar-refractivity contribution in [2.24, 2.45) is 4.99 Å². The van der Waals surface area contributed by atoms with Gasteiger partial charge in [-0.05, 0) is 43.7 Å². The first-order chi connectivity index (χ1) is 13.9. The Hall–Kier alpha value is -2.22. The summed E-state index contributed by atoms with van der Waals surface area (Å²) >= 11 is 1.59. The van der Waals surface area contributed by atoms with Crippen LogP contribution in [0.3, 0.4) is 0 Å². The van der Waals surface area contributed by atoms with Crippen molar-refractivity contribution in [1.82, 2.24) is 8.87 Å². The fraction of sp³-hybridized carbons (Fsp3) is 0.318. The van der Waals surface area contributed by atoms with Gasteiger partial charge < -0.3 is 4.57 Å². The fourth-order valence-electron chi connectivity index (χ4n) is 3.19. The second-order valence-corrected chi connectivity index (χ2v) is 9.48. The van der Waals surface area contributed by atoms with Crippen LogP contribution >= 0.6 is 11.3 Å². The van der Waals surface area contributed by atoms with Gasteiger partial charge in [0.2, 0.25) is 10.0 Å². The minimum Gasteiger partial charge on any atom is -0.317 e. The maximum Gasteiger partial charge on any atom is 0.243 e. The number of thiazole rings is 1. The Balaban J connectivity index is 1.98. The van der Waals surface area contributed by atoms with Gasteiger partial charge in [-0.1, -0.05) is 43.7 Å². The molecule has 3 rings (SSSR count). The van der Waals surface area contributed by atoms with Crippen molar-refractivity contribution in [1.29, 1.82) is 0 Å². The largest absolute Gasteiger partial charge is 0.317 e. The monoisotopic (exact) mass is 429 g/mol. The fourth-order valence-corrected chi connectivity index (χ4v) is 5.65. The smallest absolute Gasteiger partial charge is 0.243 e. The Kier molecular flexibility index (Phi) is 6.72. The molecule has 2 aromatic carbocycles. The molecule has 3 aromatic rings. The van der Waals surface area contributed by atoms with Crippen molar-refractivity contribution >= 4 is 27.0 Å². The van der Waals surface area contributed by atoms with E-state index in [1.165, 1.54) is 9.87 Å². The van der Waals surface area contributed by atoms with Crippen molar-refractivity contribution in [2.45, 2.75) is 39.1 Å². The zero-order valence-corrected chi connectivity index (χ0v) is 18.9. The zero-order valence-electron chi connectivity index (χ0n) is 17.3. The minimum atomic E-state index is -3.44. The summed E-state index contributed by atoms with van der Waals surface area (Å²) in [6.07, 6.45) is 0. The van der Waals surface area contributed by atoms with Gasteiger partial charge in [-0.3, -0.25) is 0 Å². The zero-order chi connectivity index (χ0) is 21.0. The molecule has 0 amide bonds. The molecule has 0 radical (unpaired) electrons. The standard InChI is InChI=1S/C22H27N3O2S2/c1-5-24(6-2)29(26,27)20-14-10-18(11-15-20)21-16-28-22(25(21)7-3)23-19-12-8-17(4)9-13-19/h8-16H,5-7H2,1-4H3. The number of rotatable bonds is 7. The highest BCUT2D eigenvalue weighted by Gasteiger charge is 2.21. The number of hydrogen-bond donors (Lipinski definition) is 0. The highest BCUT2D eigenvalue weighted by Crippen LogP contribution is 2.24. The summed E-state index contributed by atoms with van der Waals surface area (Å²) in [6.45, 7) is 9.56. The van der Waals surface area contributed by atoms with E-state index >= 15 is 0 Å². The molecule has 0 saturated heterocycles. The second kappa shape index (κ2) is 9.07. The molecule has 0 fully saturated rings. The number of aromatic nitrogens is 1. The normalized spacial score (nSPS) is 12.7. The van der Waals surface area contributed by atoms with Crippen molar-refractivity contribution < 1.29 is 8.42 Å². The molecular weight excluding hydrogens is 402 g/mol. The lowest BCUT2D eigenvalue weighted by molar-refractivity contribution is 0.445. The molecule has 154 valence electrons. The lowest BCUT2D eigenvalue weighted by Gasteiger charge is -2.18. The van der Waals surface area contributed by atoms with Crippen LogP contribution < -0.4 is 4.80 Å². The first kappa shape index (κ1) is 21.5. The lowest BCUT2D eigenvalue weighted by Crippen LogP contribution is -2.30. The van der Waals surface area contributed by atoms with E-state index in [0.29, 0.717) is 18.0 Å². The van der Waals surface area contributed by atoms with Crippen LogP contribution in [-0.2, 0) is 16.6 Å². The van der Waals surface area contributed by atoms with Gasteiger partial charge in [-0.25, -0.2) is 13.4 Å². The molecule has 0 aliphatic rings. The van der Waals surface area contributed by atoms with E-state index in [0.717, 1.165) is 28.3 Å². The number of sulfonamides is 1. The Bertz CT molecular complexity index is 1120. The predicted octanol–water partition coefficient (Wildman–Crippen LogP) is 4.81. The molecule has 0 aliphatic carbocycles. The SMILES string of the molecule is CCN(CC)S(=O)(=O)c1ccc(-c2csc(=Nc3ccc(C)cc3)n2CC)cc1. The van der Waals surface area contributed by atoms with Crippen LogP contribution in [0, 0.1) is 6.92 Å². The van der Waals surface area contributed by atoms with Gasteiger partial charge in [0.15, 0.2) is 4.80 Å². The van der Waals surface area contributed by atoms with Gasteiger partial charge >= 0.3 is 0 Å². The summed E-state index contributed by atoms with van der Waals surface area (Å²) < 4.78 is 29.0. The number of aryl methyl sites for hydroxylation is 1. The summed E-state index contributed by atoms with van der Waals surface area (Å²) in [4.78, 5) is 6.03. The van der Waals surface area contributed by atoms with E-state index in [1.54, 1.807) is 23.5 Å². The predicted molar refractivity (Wildman–Crippen MR) is 120 cm³/mol. The maximum atomic E-state index is 12.7. The molecule has 0 N–H and O–H groups in total. The van der Waals surface area contributed by atoms with Gasteiger partial charge in [0.25, 0.3) is 0 Å². The highest BCUT2D eigenvalue weighted by atomic mass is 32.2. The van der Waals surface area contributed by atoms with Crippen molar-refractivity contribution in [3.05, 3.63) is 64.3 Å². The van der Waals surface area contributed by atoms with Crippen molar-refractivity contribution in [3.8, 4) is 11.3 Å². The Labute approximate surface area is 177 Å². The van der Waals surface area contributed by atoms with E-state index in [-0.39, 0.29) is 0 Å². The van der Waals surface area contributed by atoms with E-state index < -0.39 is 10.0 Å².